The van der Waals surface area contributed by atoms with Crippen LogP contribution in [0, 0.1) is 0 Å². The first-order chi connectivity index (χ1) is 27.2. The maximum atomic E-state index is 5.35. The molecule has 0 unspecified atom stereocenters. The molecule has 0 fully saturated rings. The number of fused-ring (bicyclic) bond motifs is 10. The Balaban J connectivity index is 1.13. The van der Waals surface area contributed by atoms with E-state index in [9.17, 15) is 0 Å². The average Bonchev–Trinajstić information content (AvgIpc) is 3.51. The zero-order valence-electron chi connectivity index (χ0n) is 30.0. The number of hydrazine groups is 1. The minimum absolute atomic E-state index is 0.723. The van der Waals surface area contributed by atoms with Crippen molar-refractivity contribution in [3.8, 4) is 39.1 Å². The molecule has 0 amide bonds. The summed E-state index contributed by atoms with van der Waals surface area (Å²) in [6.07, 6.45) is 0. The fraction of sp³-hybridized carbons (Fsp3) is 0. The van der Waals surface area contributed by atoms with E-state index in [1.165, 1.54) is 27.4 Å². The van der Waals surface area contributed by atoms with Crippen molar-refractivity contribution < 1.29 is 0 Å². The van der Waals surface area contributed by atoms with Crippen LogP contribution in [0.1, 0.15) is 11.1 Å². The van der Waals surface area contributed by atoms with E-state index in [4.69, 9.17) is 4.99 Å². The molecule has 11 rings (SSSR count). The predicted octanol–water partition coefficient (Wildman–Crippen LogP) is 13.1. The number of rotatable bonds is 4. The van der Waals surface area contributed by atoms with Crippen molar-refractivity contribution in [2.45, 2.75) is 0 Å². The predicted molar refractivity (Wildman–Crippen MR) is 230 cm³/mol. The fourth-order valence-electron chi connectivity index (χ4n) is 8.53. The number of hydrogen-bond acceptors (Lipinski definition) is 3. The van der Waals surface area contributed by atoms with E-state index in [0.29, 0.717) is 0 Å². The lowest BCUT2D eigenvalue weighted by atomic mass is 9.93. The van der Waals surface area contributed by atoms with Gasteiger partial charge >= 0.3 is 0 Å². The van der Waals surface area contributed by atoms with Gasteiger partial charge in [-0.05, 0) is 70.8 Å². The van der Waals surface area contributed by atoms with Crippen molar-refractivity contribution in [2.75, 3.05) is 10.0 Å². The summed E-state index contributed by atoms with van der Waals surface area (Å²) in [5, 5.41) is 7.05. The van der Waals surface area contributed by atoms with Gasteiger partial charge in [-0.15, -0.1) is 0 Å². The van der Waals surface area contributed by atoms with Gasteiger partial charge in [-0.1, -0.05) is 152 Å². The minimum Gasteiger partial charge on any atom is -0.309 e. The van der Waals surface area contributed by atoms with Crippen molar-refractivity contribution in [1.29, 1.82) is 0 Å². The number of benzene rings is 8. The molecule has 2 aliphatic rings. The summed E-state index contributed by atoms with van der Waals surface area (Å²) in [6.45, 7) is 4.61. The maximum absolute atomic E-state index is 5.35. The smallest absolute Gasteiger partial charge is 0.160 e. The van der Waals surface area contributed by atoms with Gasteiger partial charge in [-0.25, -0.2) is 15.0 Å². The van der Waals surface area contributed by atoms with Crippen LogP contribution in [0.3, 0.4) is 0 Å². The van der Waals surface area contributed by atoms with Crippen molar-refractivity contribution in [3.63, 3.8) is 0 Å². The van der Waals surface area contributed by atoms with Crippen LogP contribution in [-0.4, -0.2) is 10.4 Å². The quantitative estimate of drug-likeness (QED) is 0.182. The molecule has 0 N–H and O–H groups in total. The molecular weight excluding hydrogens is 669 g/mol. The van der Waals surface area contributed by atoms with Crippen LogP contribution in [0.5, 0.6) is 0 Å². The molecule has 258 valence electrons. The molecule has 0 saturated carbocycles. The Morgan fingerprint density at radius 3 is 1.80 bits per heavy atom. The highest BCUT2D eigenvalue weighted by Gasteiger charge is 2.37. The van der Waals surface area contributed by atoms with Crippen molar-refractivity contribution in [2.24, 2.45) is 4.99 Å². The fourth-order valence-corrected chi connectivity index (χ4v) is 8.53. The highest BCUT2D eigenvalue weighted by Crippen LogP contribution is 2.50. The Morgan fingerprint density at radius 2 is 0.982 bits per heavy atom. The maximum Gasteiger partial charge on any atom is 0.160 e. The molecule has 0 spiro atoms. The number of aliphatic imine (C=N–C) groups is 1. The molecule has 0 saturated heterocycles. The molecule has 2 aliphatic heterocycles. The number of aromatic nitrogens is 1. The van der Waals surface area contributed by atoms with Crippen LogP contribution < -0.4 is 10.0 Å². The van der Waals surface area contributed by atoms with E-state index in [2.05, 4.69) is 215 Å². The minimum atomic E-state index is 0.723. The van der Waals surface area contributed by atoms with Crippen LogP contribution in [0.15, 0.2) is 206 Å². The topological polar surface area (TPSA) is 23.8 Å². The number of nitrogens with zero attached hydrogens (tertiary/aromatic N) is 4. The summed E-state index contributed by atoms with van der Waals surface area (Å²) in [5.74, 6) is 0.849. The van der Waals surface area contributed by atoms with E-state index in [0.717, 1.165) is 73.2 Å². The first-order valence-corrected chi connectivity index (χ1v) is 18.7. The summed E-state index contributed by atoms with van der Waals surface area (Å²) < 4.78 is 2.38. The molecule has 4 heteroatoms. The van der Waals surface area contributed by atoms with E-state index in [1.54, 1.807) is 0 Å². The van der Waals surface area contributed by atoms with Crippen molar-refractivity contribution in [3.05, 3.63) is 212 Å². The molecule has 4 nitrogen and oxygen atoms in total. The van der Waals surface area contributed by atoms with Gasteiger partial charge in [0, 0.05) is 38.7 Å². The highest BCUT2D eigenvalue weighted by atomic mass is 15.7. The van der Waals surface area contributed by atoms with Crippen LogP contribution >= 0.6 is 0 Å². The number of anilines is 3. The molecule has 0 atom stereocenters. The largest absolute Gasteiger partial charge is 0.309 e. The zero-order chi connectivity index (χ0) is 36.5. The van der Waals surface area contributed by atoms with Gasteiger partial charge in [-0.2, -0.15) is 0 Å². The lowest BCUT2D eigenvalue weighted by Gasteiger charge is -2.42. The van der Waals surface area contributed by atoms with E-state index in [-0.39, 0.29) is 0 Å². The summed E-state index contributed by atoms with van der Waals surface area (Å²) in [5.41, 5.74) is 16.3. The molecule has 55 heavy (non-hydrogen) atoms. The van der Waals surface area contributed by atoms with Crippen LogP contribution in [0.25, 0.3) is 66.6 Å². The SMILES string of the molecule is C=C1N=C2c3ccccc3-c3ccccc3N2N(c2ccccc2)c2c1cccc2-c1ccc2c(c1)c1ccccc1n2-c1ccc(-c2ccccc2)cc1. The van der Waals surface area contributed by atoms with Gasteiger partial charge in [0.1, 0.15) is 0 Å². The normalized spacial score (nSPS) is 13.2. The summed E-state index contributed by atoms with van der Waals surface area (Å²) in [4.78, 5) is 5.35. The standard InChI is InChI=1S/C51H34N4/c1-34-40-23-14-24-41(50(40)54(39-17-6-3-7-18-39)55-49-26-13-11-20-43(49)42-19-8-9-22-45(42)51(55)52-34)37-29-32-48-46(33-37)44-21-10-12-25-47(44)53(48)38-30-27-36(28-31-38)35-15-4-2-5-16-35/h2-33H,1H2. The van der Waals surface area contributed by atoms with E-state index < -0.39 is 0 Å². The summed E-state index contributed by atoms with van der Waals surface area (Å²) in [6, 6.07) is 69.4. The van der Waals surface area contributed by atoms with Gasteiger partial charge in [0.15, 0.2) is 5.84 Å². The molecule has 0 bridgehead atoms. The van der Waals surface area contributed by atoms with Crippen LogP contribution in [0.4, 0.5) is 17.1 Å². The first kappa shape index (κ1) is 31.1. The van der Waals surface area contributed by atoms with E-state index >= 15 is 0 Å². The van der Waals surface area contributed by atoms with E-state index in [1.807, 2.05) is 0 Å². The molecule has 0 aliphatic carbocycles. The van der Waals surface area contributed by atoms with Gasteiger partial charge < -0.3 is 4.57 Å². The zero-order valence-corrected chi connectivity index (χ0v) is 30.0. The Kier molecular flexibility index (Phi) is 6.98. The Bertz CT molecular complexity index is 2990. The van der Waals surface area contributed by atoms with Crippen molar-refractivity contribution >= 4 is 50.4 Å². The third-order valence-corrected chi connectivity index (χ3v) is 11.0. The van der Waals surface area contributed by atoms with Crippen LogP contribution in [0.2, 0.25) is 0 Å². The average molecular weight is 703 g/mol. The first-order valence-electron chi connectivity index (χ1n) is 18.7. The second kappa shape index (κ2) is 12.3. The Labute approximate surface area is 319 Å². The summed E-state index contributed by atoms with van der Waals surface area (Å²) in [7, 11) is 0. The molecule has 8 aromatic carbocycles. The number of para-hydroxylation sites is 4. The Morgan fingerprint density at radius 1 is 0.382 bits per heavy atom. The third kappa shape index (κ3) is 4.82. The molecule has 3 heterocycles. The van der Waals surface area contributed by atoms with Gasteiger partial charge in [-0.3, -0.25) is 0 Å². The Hall–Kier alpha value is -7.43. The van der Waals surface area contributed by atoms with Gasteiger partial charge in [0.25, 0.3) is 0 Å². The van der Waals surface area contributed by atoms with Gasteiger partial charge in [0.05, 0.1) is 33.8 Å². The second-order valence-electron chi connectivity index (χ2n) is 14.1. The number of amidine groups is 1. The van der Waals surface area contributed by atoms with Crippen LogP contribution in [-0.2, 0) is 0 Å². The molecule has 9 aromatic rings. The van der Waals surface area contributed by atoms with Gasteiger partial charge in [0.2, 0.25) is 0 Å². The monoisotopic (exact) mass is 702 g/mol. The number of hydrogen-bond donors (Lipinski definition) is 0. The lowest BCUT2D eigenvalue weighted by Crippen LogP contribution is -2.46. The molecular formula is C51H34N4. The highest BCUT2D eigenvalue weighted by molar-refractivity contribution is 6.23. The van der Waals surface area contributed by atoms with Crippen molar-refractivity contribution in [1.82, 2.24) is 4.57 Å². The molecule has 0 radical (unpaired) electrons. The molecule has 1 aromatic heterocycles. The third-order valence-electron chi connectivity index (χ3n) is 11.0. The summed E-state index contributed by atoms with van der Waals surface area (Å²) >= 11 is 0. The second-order valence-corrected chi connectivity index (χ2v) is 14.1. The lowest BCUT2D eigenvalue weighted by molar-refractivity contribution is 1.02.